The van der Waals surface area contributed by atoms with Gasteiger partial charge in [0.25, 0.3) is 0 Å². The van der Waals surface area contributed by atoms with Crippen LogP contribution in [0.15, 0.2) is 18.2 Å². The van der Waals surface area contributed by atoms with E-state index in [9.17, 15) is 0 Å². The molecule has 0 spiro atoms. The molecule has 0 fully saturated rings. The van der Waals surface area contributed by atoms with Gasteiger partial charge in [-0.15, -0.1) is 0 Å². The lowest BCUT2D eigenvalue weighted by atomic mass is 9.95. The van der Waals surface area contributed by atoms with Crippen molar-refractivity contribution in [3.8, 4) is 11.3 Å². The van der Waals surface area contributed by atoms with Gasteiger partial charge in [-0.25, -0.2) is 0 Å². The van der Waals surface area contributed by atoms with Gasteiger partial charge in [0.15, 0.2) is 0 Å². The predicted octanol–water partition coefficient (Wildman–Crippen LogP) is 3.89. The average molecular weight is 223 g/mol. The van der Waals surface area contributed by atoms with E-state index < -0.39 is 0 Å². The van der Waals surface area contributed by atoms with Gasteiger partial charge in [-0.2, -0.15) is 0 Å². The lowest BCUT2D eigenvalue weighted by molar-refractivity contribution is 1.16. The van der Waals surface area contributed by atoms with E-state index in [0.717, 1.165) is 12.1 Å². The minimum absolute atomic E-state index is 1.05. The van der Waals surface area contributed by atoms with Crippen molar-refractivity contribution in [2.75, 3.05) is 0 Å². The predicted molar refractivity (Wildman–Crippen MR) is 71.4 cm³/mol. The zero-order valence-corrected chi connectivity index (χ0v) is 10.9. The van der Waals surface area contributed by atoms with Crippen LogP contribution >= 0.6 is 0 Å². The van der Waals surface area contributed by atoms with Gasteiger partial charge in [-0.1, -0.05) is 12.1 Å². The molecule has 3 rings (SSSR count). The van der Waals surface area contributed by atoms with Crippen LogP contribution in [0.5, 0.6) is 0 Å². The second-order valence-corrected chi connectivity index (χ2v) is 5.13. The number of aryl methyl sites for hydroxylation is 3. The molecule has 1 heteroatoms. The zero-order valence-electron chi connectivity index (χ0n) is 10.9. The van der Waals surface area contributed by atoms with Crippen LogP contribution in [0.25, 0.3) is 11.3 Å². The Morgan fingerprint density at radius 3 is 2.53 bits per heavy atom. The third kappa shape index (κ3) is 1.42. The number of pyridine rings is 1. The zero-order chi connectivity index (χ0) is 12.2. The summed E-state index contributed by atoms with van der Waals surface area (Å²) in [5, 5.41) is 0. The molecule has 2 aromatic rings. The number of fused-ring (bicyclic) bond motifs is 3. The molecular weight excluding hydrogens is 206 g/mol. The first-order valence-corrected chi connectivity index (χ1v) is 6.14. The molecule has 0 saturated heterocycles. The van der Waals surface area contributed by atoms with Crippen molar-refractivity contribution in [1.82, 2.24) is 4.98 Å². The van der Waals surface area contributed by atoms with E-state index in [1.807, 2.05) is 0 Å². The number of benzene rings is 1. The van der Waals surface area contributed by atoms with Gasteiger partial charge in [0, 0.05) is 17.7 Å². The van der Waals surface area contributed by atoms with Gasteiger partial charge >= 0.3 is 0 Å². The number of hydrogen-bond donors (Lipinski definition) is 0. The number of aromatic nitrogens is 1. The number of rotatable bonds is 0. The van der Waals surface area contributed by atoms with Crippen LogP contribution in [0.3, 0.4) is 0 Å². The highest BCUT2D eigenvalue weighted by Gasteiger charge is 2.23. The fourth-order valence-corrected chi connectivity index (χ4v) is 2.85. The van der Waals surface area contributed by atoms with Crippen molar-refractivity contribution in [3.05, 3.63) is 51.7 Å². The van der Waals surface area contributed by atoms with Crippen molar-refractivity contribution in [2.24, 2.45) is 0 Å². The molecule has 0 saturated carbocycles. The highest BCUT2D eigenvalue weighted by molar-refractivity contribution is 5.78. The van der Waals surface area contributed by atoms with Crippen LogP contribution < -0.4 is 0 Å². The Bertz CT molecular complexity index is 624. The van der Waals surface area contributed by atoms with E-state index in [-0.39, 0.29) is 0 Å². The maximum Gasteiger partial charge on any atom is 0.0746 e. The largest absolute Gasteiger partial charge is 0.253 e. The molecular formula is C16H17N. The molecule has 0 amide bonds. The molecule has 0 unspecified atom stereocenters. The molecule has 1 heterocycles. The fourth-order valence-electron chi connectivity index (χ4n) is 2.85. The van der Waals surface area contributed by atoms with E-state index in [1.165, 1.54) is 39.1 Å². The molecule has 1 aliphatic rings. The summed E-state index contributed by atoms with van der Waals surface area (Å²) < 4.78 is 0. The van der Waals surface area contributed by atoms with Gasteiger partial charge < -0.3 is 0 Å². The normalized spacial score (nSPS) is 12.5. The lowest BCUT2D eigenvalue weighted by Gasteiger charge is -2.11. The SMILES string of the molecule is Cc1ccc2c(n1)-c1c(C)cc(C)c(C)c1C2. The van der Waals surface area contributed by atoms with Crippen molar-refractivity contribution in [1.29, 1.82) is 0 Å². The Labute approximate surface area is 103 Å². The molecule has 1 aliphatic carbocycles. The van der Waals surface area contributed by atoms with Crippen LogP contribution in [0.1, 0.15) is 33.5 Å². The Balaban J connectivity index is 2.36. The molecule has 1 aromatic carbocycles. The van der Waals surface area contributed by atoms with E-state index >= 15 is 0 Å². The summed E-state index contributed by atoms with van der Waals surface area (Å²) in [6.45, 7) is 8.69. The van der Waals surface area contributed by atoms with Crippen molar-refractivity contribution >= 4 is 0 Å². The number of nitrogens with zero attached hydrogens (tertiary/aromatic N) is 1. The smallest absolute Gasteiger partial charge is 0.0746 e. The average Bonchev–Trinajstić information content (AvgIpc) is 2.65. The maximum absolute atomic E-state index is 4.73. The maximum atomic E-state index is 4.73. The molecule has 0 bridgehead atoms. The minimum atomic E-state index is 1.05. The van der Waals surface area contributed by atoms with Gasteiger partial charge in [0.1, 0.15) is 0 Å². The Morgan fingerprint density at radius 1 is 1.00 bits per heavy atom. The second-order valence-electron chi connectivity index (χ2n) is 5.13. The summed E-state index contributed by atoms with van der Waals surface area (Å²) in [6, 6.07) is 6.63. The van der Waals surface area contributed by atoms with Crippen LogP contribution in [0.4, 0.5) is 0 Å². The first-order chi connectivity index (χ1) is 8.08. The molecule has 0 atom stereocenters. The first-order valence-electron chi connectivity index (χ1n) is 6.14. The standard InChI is InChI=1S/C16H17N/c1-9-7-10(2)15-14(12(9)4)8-13-6-5-11(3)17-16(13)15/h5-7H,8H2,1-4H3. The van der Waals surface area contributed by atoms with Crippen molar-refractivity contribution in [2.45, 2.75) is 34.1 Å². The molecule has 0 aliphatic heterocycles. The van der Waals surface area contributed by atoms with E-state index in [1.54, 1.807) is 0 Å². The summed E-state index contributed by atoms with van der Waals surface area (Å²) >= 11 is 0. The third-order valence-corrected chi connectivity index (χ3v) is 3.90. The molecule has 0 radical (unpaired) electrons. The molecule has 17 heavy (non-hydrogen) atoms. The highest BCUT2D eigenvalue weighted by Crippen LogP contribution is 2.40. The molecule has 86 valence electrons. The second kappa shape index (κ2) is 3.43. The van der Waals surface area contributed by atoms with E-state index in [2.05, 4.69) is 45.9 Å². The monoisotopic (exact) mass is 223 g/mol. The van der Waals surface area contributed by atoms with Gasteiger partial charge in [0.2, 0.25) is 0 Å². The van der Waals surface area contributed by atoms with Gasteiger partial charge in [-0.3, -0.25) is 4.98 Å². The van der Waals surface area contributed by atoms with E-state index in [4.69, 9.17) is 4.98 Å². The summed E-state index contributed by atoms with van der Waals surface area (Å²) in [6.07, 6.45) is 1.05. The van der Waals surface area contributed by atoms with Gasteiger partial charge in [-0.05, 0) is 61.6 Å². The van der Waals surface area contributed by atoms with Crippen LogP contribution in [0, 0.1) is 27.7 Å². The van der Waals surface area contributed by atoms with Crippen molar-refractivity contribution < 1.29 is 0 Å². The van der Waals surface area contributed by atoms with Crippen LogP contribution in [-0.2, 0) is 6.42 Å². The highest BCUT2D eigenvalue weighted by atomic mass is 14.7. The quantitative estimate of drug-likeness (QED) is 0.563. The third-order valence-electron chi connectivity index (χ3n) is 3.90. The Morgan fingerprint density at radius 2 is 1.76 bits per heavy atom. The summed E-state index contributed by atoms with van der Waals surface area (Å²) in [5.41, 5.74) is 10.7. The van der Waals surface area contributed by atoms with Gasteiger partial charge in [0.05, 0.1) is 5.69 Å². The topological polar surface area (TPSA) is 12.9 Å². The summed E-state index contributed by atoms with van der Waals surface area (Å²) in [4.78, 5) is 4.73. The summed E-state index contributed by atoms with van der Waals surface area (Å²) in [5.74, 6) is 0. The van der Waals surface area contributed by atoms with Crippen LogP contribution in [0.2, 0.25) is 0 Å². The Hall–Kier alpha value is -1.63. The fraction of sp³-hybridized carbons (Fsp3) is 0.312. The van der Waals surface area contributed by atoms with E-state index in [0.29, 0.717) is 0 Å². The summed E-state index contributed by atoms with van der Waals surface area (Å²) in [7, 11) is 0. The molecule has 0 N–H and O–H groups in total. The number of hydrogen-bond acceptors (Lipinski definition) is 1. The minimum Gasteiger partial charge on any atom is -0.253 e. The van der Waals surface area contributed by atoms with Crippen molar-refractivity contribution in [3.63, 3.8) is 0 Å². The molecule has 1 nitrogen and oxygen atoms in total. The molecule has 1 aromatic heterocycles. The lowest BCUT2D eigenvalue weighted by Crippen LogP contribution is -1.93. The first kappa shape index (κ1) is 10.5. The van der Waals surface area contributed by atoms with Crippen LogP contribution in [-0.4, -0.2) is 4.98 Å². The Kier molecular flexibility index (Phi) is 2.12.